The van der Waals surface area contributed by atoms with Gasteiger partial charge >= 0.3 is 0 Å². The first-order valence-electron chi connectivity index (χ1n) is 6.01. The summed E-state index contributed by atoms with van der Waals surface area (Å²) in [7, 11) is 0. The molecule has 18 heavy (non-hydrogen) atoms. The largest absolute Gasteiger partial charge is 0.303 e. The number of benzene rings is 1. The summed E-state index contributed by atoms with van der Waals surface area (Å²) < 4.78 is 0. The van der Waals surface area contributed by atoms with Crippen LogP contribution >= 0.6 is 0 Å². The minimum absolute atomic E-state index is 0.0288. The molecule has 1 aliphatic carbocycles. The molecular weight excluding hydrogens is 230 g/mol. The molecule has 1 aliphatic rings. The number of carbonyl (C=O) groups is 1. The second-order valence-electron chi connectivity index (χ2n) is 4.84. The molecule has 0 aliphatic heterocycles. The van der Waals surface area contributed by atoms with Gasteiger partial charge in [0.05, 0.1) is 4.92 Å². The quantitative estimate of drug-likeness (QED) is 0.466. The van der Waals surface area contributed by atoms with Crippen molar-refractivity contribution in [3.8, 4) is 0 Å². The van der Waals surface area contributed by atoms with Crippen LogP contribution in [0.4, 0.5) is 5.69 Å². The van der Waals surface area contributed by atoms with E-state index in [1.165, 1.54) is 12.1 Å². The fourth-order valence-electron chi connectivity index (χ4n) is 2.42. The van der Waals surface area contributed by atoms with Gasteiger partial charge in [0.2, 0.25) is 0 Å². The summed E-state index contributed by atoms with van der Waals surface area (Å²) in [4.78, 5) is 21.1. The van der Waals surface area contributed by atoms with Crippen molar-refractivity contribution < 1.29 is 9.72 Å². The number of non-ortho nitro benzene ring substituents is 1. The molecule has 4 heteroatoms. The maximum absolute atomic E-state index is 10.9. The van der Waals surface area contributed by atoms with Crippen molar-refractivity contribution in [1.82, 2.24) is 0 Å². The van der Waals surface area contributed by atoms with Crippen molar-refractivity contribution in [2.45, 2.75) is 19.8 Å². The lowest BCUT2D eigenvalue weighted by atomic mass is 9.81. The second-order valence-corrected chi connectivity index (χ2v) is 4.84. The zero-order valence-corrected chi connectivity index (χ0v) is 10.2. The number of hydrogen-bond donors (Lipinski definition) is 0. The van der Waals surface area contributed by atoms with E-state index in [1.807, 2.05) is 6.08 Å². The lowest BCUT2D eigenvalue weighted by Gasteiger charge is -2.23. The summed E-state index contributed by atoms with van der Waals surface area (Å²) >= 11 is 0. The van der Waals surface area contributed by atoms with Crippen LogP contribution in [0.2, 0.25) is 0 Å². The first kappa shape index (κ1) is 12.5. The molecule has 1 aromatic carbocycles. The van der Waals surface area contributed by atoms with Crippen LogP contribution in [0.15, 0.2) is 30.3 Å². The number of nitro benzene ring substituents is 1. The van der Waals surface area contributed by atoms with Gasteiger partial charge in [0.15, 0.2) is 0 Å². The van der Waals surface area contributed by atoms with E-state index in [0.29, 0.717) is 5.92 Å². The molecule has 0 saturated heterocycles. The molecule has 1 aromatic rings. The Morgan fingerprint density at radius 1 is 1.33 bits per heavy atom. The summed E-state index contributed by atoms with van der Waals surface area (Å²) in [5.41, 5.74) is 2.18. The Hall–Kier alpha value is -1.97. The molecule has 0 radical (unpaired) electrons. The van der Waals surface area contributed by atoms with E-state index in [4.69, 9.17) is 0 Å². The predicted octanol–water partition coefficient (Wildman–Crippen LogP) is 3.22. The third-order valence-electron chi connectivity index (χ3n) is 3.28. The van der Waals surface area contributed by atoms with Gasteiger partial charge in [-0.1, -0.05) is 13.0 Å². The van der Waals surface area contributed by atoms with Crippen LogP contribution in [0.25, 0.3) is 5.57 Å². The Labute approximate surface area is 105 Å². The zero-order valence-electron chi connectivity index (χ0n) is 10.2. The smallest absolute Gasteiger partial charge is 0.269 e. The van der Waals surface area contributed by atoms with Gasteiger partial charge in [-0.05, 0) is 42.0 Å². The Morgan fingerprint density at radius 3 is 2.56 bits per heavy atom. The van der Waals surface area contributed by atoms with Crippen molar-refractivity contribution in [2.75, 3.05) is 0 Å². The number of nitro groups is 1. The molecule has 0 spiro atoms. The highest BCUT2D eigenvalue weighted by molar-refractivity contribution is 5.72. The van der Waals surface area contributed by atoms with Gasteiger partial charge in [0.25, 0.3) is 5.69 Å². The molecule has 94 valence electrons. The summed E-state index contributed by atoms with van der Waals surface area (Å²) in [5.74, 6) is 0.439. The standard InChI is InChI=1S/C14H15NO3/c1-10-6-11(9-16)8-13(7-10)12-2-4-14(5-3-12)15(17)18/h2-5,8-11H,6-7H2,1H3. The molecule has 0 N–H and O–H groups in total. The van der Waals surface area contributed by atoms with Gasteiger partial charge in [-0.3, -0.25) is 10.1 Å². The van der Waals surface area contributed by atoms with Crippen molar-refractivity contribution >= 4 is 17.5 Å². The van der Waals surface area contributed by atoms with E-state index in [1.54, 1.807) is 12.1 Å². The van der Waals surface area contributed by atoms with Gasteiger partial charge < -0.3 is 4.79 Å². The van der Waals surface area contributed by atoms with Crippen LogP contribution in [0.3, 0.4) is 0 Å². The number of rotatable bonds is 3. The average Bonchev–Trinajstić information content (AvgIpc) is 2.38. The second kappa shape index (κ2) is 5.12. The highest BCUT2D eigenvalue weighted by atomic mass is 16.6. The van der Waals surface area contributed by atoms with Gasteiger partial charge in [-0.25, -0.2) is 0 Å². The summed E-state index contributed by atoms with van der Waals surface area (Å²) in [6, 6.07) is 6.52. The molecule has 0 heterocycles. The van der Waals surface area contributed by atoms with Crippen LogP contribution in [0, 0.1) is 22.0 Å². The fourth-order valence-corrected chi connectivity index (χ4v) is 2.42. The summed E-state index contributed by atoms with van der Waals surface area (Å²) in [6.07, 6.45) is 4.76. The third kappa shape index (κ3) is 2.64. The number of nitrogens with zero attached hydrogens (tertiary/aromatic N) is 1. The number of allylic oxidation sites excluding steroid dienone is 2. The third-order valence-corrected chi connectivity index (χ3v) is 3.28. The SMILES string of the molecule is CC1CC(c2ccc([N+](=O)[O-])cc2)=CC(C=O)C1. The predicted molar refractivity (Wildman–Crippen MR) is 69.0 cm³/mol. The maximum Gasteiger partial charge on any atom is 0.269 e. The van der Waals surface area contributed by atoms with E-state index in [9.17, 15) is 14.9 Å². The molecule has 2 unspecified atom stereocenters. The van der Waals surface area contributed by atoms with Crippen LogP contribution in [0.5, 0.6) is 0 Å². The fraction of sp³-hybridized carbons (Fsp3) is 0.357. The number of aldehydes is 1. The topological polar surface area (TPSA) is 60.2 Å². The van der Waals surface area contributed by atoms with Crippen molar-refractivity contribution in [1.29, 1.82) is 0 Å². The van der Waals surface area contributed by atoms with E-state index in [-0.39, 0.29) is 11.6 Å². The average molecular weight is 245 g/mol. The monoisotopic (exact) mass is 245 g/mol. The van der Waals surface area contributed by atoms with Crippen LogP contribution in [0.1, 0.15) is 25.3 Å². The molecule has 0 aromatic heterocycles. The first-order chi connectivity index (χ1) is 8.60. The van der Waals surface area contributed by atoms with Crippen LogP contribution < -0.4 is 0 Å². The van der Waals surface area contributed by atoms with Gasteiger partial charge in [0, 0.05) is 18.1 Å². The van der Waals surface area contributed by atoms with Crippen LogP contribution in [-0.2, 0) is 4.79 Å². The van der Waals surface area contributed by atoms with Crippen LogP contribution in [-0.4, -0.2) is 11.2 Å². The molecule has 4 nitrogen and oxygen atoms in total. The molecule has 2 atom stereocenters. The number of carbonyl (C=O) groups excluding carboxylic acids is 1. The summed E-state index contributed by atoms with van der Waals surface area (Å²) in [6.45, 7) is 2.12. The van der Waals surface area contributed by atoms with Gasteiger partial charge in [-0.2, -0.15) is 0 Å². The highest BCUT2D eigenvalue weighted by Crippen LogP contribution is 2.33. The van der Waals surface area contributed by atoms with Gasteiger partial charge in [-0.15, -0.1) is 0 Å². The minimum Gasteiger partial charge on any atom is -0.303 e. The maximum atomic E-state index is 10.9. The van der Waals surface area contributed by atoms with E-state index >= 15 is 0 Å². The van der Waals surface area contributed by atoms with E-state index in [2.05, 4.69) is 6.92 Å². The molecule has 0 saturated carbocycles. The zero-order chi connectivity index (χ0) is 13.1. The summed E-state index contributed by atoms with van der Waals surface area (Å²) in [5, 5.41) is 10.6. The van der Waals surface area contributed by atoms with Crippen molar-refractivity contribution in [2.24, 2.45) is 11.8 Å². The molecule has 2 rings (SSSR count). The Kier molecular flexibility index (Phi) is 3.55. The van der Waals surface area contributed by atoms with Gasteiger partial charge in [0.1, 0.15) is 6.29 Å². The molecule has 0 amide bonds. The van der Waals surface area contributed by atoms with E-state index in [0.717, 1.165) is 30.3 Å². The lowest BCUT2D eigenvalue weighted by Crippen LogP contribution is -2.12. The van der Waals surface area contributed by atoms with Crippen molar-refractivity contribution in [3.63, 3.8) is 0 Å². The Balaban J connectivity index is 2.27. The minimum atomic E-state index is -0.407. The molecule has 0 bridgehead atoms. The normalized spacial score (nSPS) is 23.3. The van der Waals surface area contributed by atoms with E-state index < -0.39 is 4.92 Å². The number of hydrogen-bond acceptors (Lipinski definition) is 3. The Morgan fingerprint density at radius 2 is 2.00 bits per heavy atom. The Bertz CT molecular complexity index is 490. The highest BCUT2D eigenvalue weighted by Gasteiger charge is 2.20. The molecular formula is C14H15NO3. The lowest BCUT2D eigenvalue weighted by molar-refractivity contribution is -0.384. The molecule has 0 fully saturated rings. The van der Waals surface area contributed by atoms with Crippen molar-refractivity contribution in [3.05, 3.63) is 46.0 Å². The first-order valence-corrected chi connectivity index (χ1v) is 6.01.